The minimum atomic E-state index is -1.20. The zero-order valence-corrected chi connectivity index (χ0v) is 26.7. The van der Waals surface area contributed by atoms with Gasteiger partial charge in [0.15, 0.2) is 0 Å². The molecule has 244 valence electrons. The van der Waals surface area contributed by atoms with Crippen molar-refractivity contribution in [2.45, 2.75) is 76.6 Å². The standard InChI is InChI=1S/C36H44N4O6/c1-36(2,3)46-34(43)37-21-13-12-20-30(39-33(42)31-22-27-18-10-11-19-28(27)24-40(31)35(44)45)32(41)38-23-29(25-14-6-4-7-15-25)26-16-8-5-9-17-26/h4-11,14-19,29-31H,12-13,20-24H2,1-3H3,(H,37,43)(H,38,41)(H,39,42)(H,44,45). The highest BCUT2D eigenvalue weighted by Gasteiger charge is 2.36. The molecule has 1 aliphatic heterocycles. The molecular formula is C36H44N4O6. The van der Waals surface area contributed by atoms with Crippen LogP contribution in [-0.2, 0) is 27.3 Å². The van der Waals surface area contributed by atoms with E-state index in [9.17, 15) is 24.3 Å². The van der Waals surface area contributed by atoms with Crippen molar-refractivity contribution in [1.29, 1.82) is 0 Å². The van der Waals surface area contributed by atoms with Crippen molar-refractivity contribution in [3.8, 4) is 0 Å². The molecule has 0 radical (unpaired) electrons. The Morgan fingerprint density at radius 1 is 0.848 bits per heavy atom. The molecule has 0 aromatic heterocycles. The molecule has 4 rings (SSSR count). The monoisotopic (exact) mass is 628 g/mol. The lowest BCUT2D eigenvalue weighted by Crippen LogP contribution is -2.56. The summed E-state index contributed by atoms with van der Waals surface area (Å²) in [6, 6.07) is 25.3. The lowest BCUT2D eigenvalue weighted by Gasteiger charge is -2.34. The number of carbonyl (C=O) groups is 4. The molecule has 10 heteroatoms. The Kier molecular flexibility index (Phi) is 11.8. The van der Waals surface area contributed by atoms with Gasteiger partial charge in [0.1, 0.15) is 17.7 Å². The van der Waals surface area contributed by atoms with Crippen LogP contribution in [0, 0.1) is 0 Å². The molecule has 0 aliphatic carbocycles. The van der Waals surface area contributed by atoms with E-state index in [0.717, 1.165) is 27.2 Å². The number of hydrogen-bond acceptors (Lipinski definition) is 5. The van der Waals surface area contributed by atoms with E-state index < -0.39 is 35.8 Å². The number of alkyl carbamates (subject to hydrolysis) is 1. The number of ether oxygens (including phenoxy) is 1. The highest BCUT2D eigenvalue weighted by molar-refractivity contribution is 5.91. The number of rotatable bonds is 12. The number of carboxylic acid groups (broad SMARTS) is 1. The van der Waals surface area contributed by atoms with Gasteiger partial charge in [-0.25, -0.2) is 9.59 Å². The molecule has 46 heavy (non-hydrogen) atoms. The first kappa shape index (κ1) is 34.0. The molecule has 10 nitrogen and oxygen atoms in total. The Hall–Kier alpha value is -4.86. The van der Waals surface area contributed by atoms with E-state index in [1.807, 2.05) is 84.9 Å². The molecule has 0 bridgehead atoms. The number of amides is 4. The first-order chi connectivity index (χ1) is 22.0. The average Bonchev–Trinajstić information content (AvgIpc) is 3.03. The lowest BCUT2D eigenvalue weighted by molar-refractivity contribution is -0.132. The zero-order valence-electron chi connectivity index (χ0n) is 26.7. The van der Waals surface area contributed by atoms with E-state index in [1.54, 1.807) is 20.8 Å². The van der Waals surface area contributed by atoms with Crippen molar-refractivity contribution in [3.05, 3.63) is 107 Å². The summed E-state index contributed by atoms with van der Waals surface area (Å²) < 4.78 is 5.28. The van der Waals surface area contributed by atoms with E-state index in [0.29, 0.717) is 32.4 Å². The van der Waals surface area contributed by atoms with Crippen LogP contribution in [0.5, 0.6) is 0 Å². The fourth-order valence-electron chi connectivity index (χ4n) is 5.60. The van der Waals surface area contributed by atoms with Gasteiger partial charge in [0, 0.05) is 25.4 Å². The second kappa shape index (κ2) is 15.9. The summed E-state index contributed by atoms with van der Waals surface area (Å²) in [5.41, 5.74) is 3.23. The van der Waals surface area contributed by atoms with Gasteiger partial charge in [0.25, 0.3) is 0 Å². The second-order valence-corrected chi connectivity index (χ2v) is 12.5. The quantitative estimate of drug-likeness (QED) is 0.203. The van der Waals surface area contributed by atoms with Crippen molar-refractivity contribution in [1.82, 2.24) is 20.9 Å². The summed E-state index contributed by atoms with van der Waals surface area (Å²) in [6.07, 6.45) is -0.136. The van der Waals surface area contributed by atoms with E-state index in [1.165, 1.54) is 0 Å². The maximum atomic E-state index is 13.7. The Balaban J connectivity index is 1.46. The van der Waals surface area contributed by atoms with E-state index in [-0.39, 0.29) is 24.8 Å². The molecular weight excluding hydrogens is 584 g/mol. The van der Waals surface area contributed by atoms with Gasteiger partial charge in [-0.15, -0.1) is 0 Å². The maximum Gasteiger partial charge on any atom is 0.408 e. The number of benzene rings is 3. The number of carbonyl (C=O) groups excluding carboxylic acids is 3. The molecule has 0 saturated carbocycles. The van der Waals surface area contributed by atoms with Crippen molar-refractivity contribution in [2.24, 2.45) is 0 Å². The third-order valence-electron chi connectivity index (χ3n) is 7.90. The number of fused-ring (bicyclic) bond motifs is 1. The molecule has 0 fully saturated rings. The lowest BCUT2D eigenvalue weighted by atomic mass is 9.91. The normalized spacial score (nSPS) is 15.0. The molecule has 2 atom stereocenters. The van der Waals surface area contributed by atoms with E-state index in [4.69, 9.17) is 4.74 Å². The third-order valence-corrected chi connectivity index (χ3v) is 7.90. The largest absolute Gasteiger partial charge is 0.465 e. The van der Waals surface area contributed by atoms with Crippen LogP contribution in [0.1, 0.15) is 68.2 Å². The molecule has 4 N–H and O–H groups in total. The van der Waals surface area contributed by atoms with Gasteiger partial charge >= 0.3 is 12.2 Å². The summed E-state index contributed by atoms with van der Waals surface area (Å²) >= 11 is 0. The van der Waals surface area contributed by atoms with E-state index >= 15 is 0 Å². The van der Waals surface area contributed by atoms with Gasteiger partial charge in [-0.3, -0.25) is 14.5 Å². The average molecular weight is 629 g/mol. The highest BCUT2D eigenvalue weighted by Crippen LogP contribution is 2.25. The van der Waals surface area contributed by atoms with Crippen molar-refractivity contribution < 1.29 is 29.0 Å². The maximum absolute atomic E-state index is 13.7. The molecule has 3 aromatic carbocycles. The Bertz CT molecular complexity index is 1440. The van der Waals surface area contributed by atoms with Crippen LogP contribution < -0.4 is 16.0 Å². The summed E-state index contributed by atoms with van der Waals surface area (Å²) in [5, 5.41) is 18.6. The first-order valence-electron chi connectivity index (χ1n) is 15.7. The molecule has 0 saturated heterocycles. The van der Waals surface area contributed by atoms with Crippen molar-refractivity contribution >= 4 is 24.0 Å². The number of hydrogen-bond donors (Lipinski definition) is 4. The number of unbranched alkanes of at least 4 members (excludes halogenated alkanes) is 1. The first-order valence-corrected chi connectivity index (χ1v) is 15.7. The van der Waals surface area contributed by atoms with Crippen LogP contribution in [0.3, 0.4) is 0 Å². The molecule has 1 heterocycles. The Morgan fingerprint density at radius 2 is 1.43 bits per heavy atom. The second-order valence-electron chi connectivity index (χ2n) is 12.5. The molecule has 4 amide bonds. The predicted octanol–water partition coefficient (Wildman–Crippen LogP) is 5.22. The number of nitrogens with zero attached hydrogens (tertiary/aromatic N) is 1. The zero-order chi connectivity index (χ0) is 33.1. The van der Waals surface area contributed by atoms with Crippen LogP contribution in [0.25, 0.3) is 0 Å². The fourth-order valence-corrected chi connectivity index (χ4v) is 5.60. The molecule has 0 spiro atoms. The SMILES string of the molecule is CC(C)(C)OC(=O)NCCCCC(NC(=O)C1Cc2ccccc2CN1C(=O)O)C(=O)NCC(c1ccccc1)c1ccccc1. The van der Waals surface area contributed by atoms with Gasteiger partial charge in [-0.05, 0) is 62.3 Å². The molecule has 2 unspecified atom stereocenters. The Labute approximate surface area is 270 Å². The van der Waals surface area contributed by atoms with Crippen LogP contribution in [0.4, 0.5) is 9.59 Å². The van der Waals surface area contributed by atoms with Crippen molar-refractivity contribution in [2.75, 3.05) is 13.1 Å². The topological polar surface area (TPSA) is 137 Å². The van der Waals surface area contributed by atoms with E-state index in [2.05, 4.69) is 16.0 Å². The summed E-state index contributed by atoms with van der Waals surface area (Å²) in [7, 11) is 0. The van der Waals surface area contributed by atoms with Crippen LogP contribution in [0.2, 0.25) is 0 Å². The van der Waals surface area contributed by atoms with Crippen LogP contribution in [-0.4, -0.2) is 64.8 Å². The third kappa shape index (κ3) is 9.82. The van der Waals surface area contributed by atoms with Gasteiger partial charge in [-0.2, -0.15) is 0 Å². The number of nitrogens with one attached hydrogen (secondary N) is 3. The van der Waals surface area contributed by atoms with Gasteiger partial charge in [0.05, 0.1) is 6.54 Å². The van der Waals surface area contributed by atoms with Gasteiger partial charge < -0.3 is 25.8 Å². The Morgan fingerprint density at radius 3 is 2.02 bits per heavy atom. The minimum Gasteiger partial charge on any atom is -0.465 e. The van der Waals surface area contributed by atoms with Gasteiger partial charge in [-0.1, -0.05) is 84.9 Å². The predicted molar refractivity (Wildman–Crippen MR) is 175 cm³/mol. The van der Waals surface area contributed by atoms with Crippen LogP contribution in [0.15, 0.2) is 84.9 Å². The molecule has 1 aliphatic rings. The minimum absolute atomic E-state index is 0.0899. The van der Waals surface area contributed by atoms with Crippen LogP contribution >= 0.6 is 0 Å². The smallest absolute Gasteiger partial charge is 0.408 e. The molecule has 3 aromatic rings. The fraction of sp³-hybridized carbons (Fsp3) is 0.389. The summed E-state index contributed by atoms with van der Waals surface area (Å²) in [5.74, 6) is -0.993. The highest BCUT2D eigenvalue weighted by atomic mass is 16.6. The summed E-state index contributed by atoms with van der Waals surface area (Å²) in [6.45, 7) is 6.09. The van der Waals surface area contributed by atoms with Gasteiger partial charge in [0.2, 0.25) is 11.8 Å². The summed E-state index contributed by atoms with van der Waals surface area (Å²) in [4.78, 5) is 52.7. The van der Waals surface area contributed by atoms with Crippen molar-refractivity contribution in [3.63, 3.8) is 0 Å².